The molecule has 2 atom stereocenters. The van der Waals surface area contributed by atoms with Crippen LogP contribution in [0.2, 0.25) is 0 Å². The fourth-order valence-corrected chi connectivity index (χ4v) is 6.07. The molecule has 6 nitrogen and oxygen atoms in total. The molecule has 0 aliphatic carbocycles. The Balaban J connectivity index is 1.59. The molecule has 1 spiro atoms. The minimum atomic E-state index is -1.40. The fraction of sp³-hybridized carbons (Fsp3) is 0.276. The van der Waals surface area contributed by atoms with Crippen molar-refractivity contribution in [2.75, 3.05) is 21.2 Å². The average molecular weight is 466 g/mol. The smallest absolute Gasteiger partial charge is 0.342 e. The lowest BCUT2D eigenvalue weighted by molar-refractivity contribution is -0.143. The molecule has 2 fully saturated rings. The van der Waals surface area contributed by atoms with E-state index >= 15 is 0 Å². The van der Waals surface area contributed by atoms with Gasteiger partial charge < -0.3 is 4.90 Å². The van der Waals surface area contributed by atoms with Crippen LogP contribution in [0, 0.1) is 11.3 Å². The van der Waals surface area contributed by atoms with Gasteiger partial charge in [0.05, 0.1) is 17.4 Å². The number of rotatable bonds is 2. The molecular formula is C29H27N3O3. The monoisotopic (exact) mass is 465 g/mol. The number of amides is 4. The van der Waals surface area contributed by atoms with Gasteiger partial charge in [0.25, 0.3) is 11.8 Å². The highest BCUT2D eigenvalue weighted by Crippen LogP contribution is 2.50. The summed E-state index contributed by atoms with van der Waals surface area (Å²) < 4.78 is 0. The van der Waals surface area contributed by atoms with Gasteiger partial charge >= 0.3 is 6.03 Å². The molecule has 0 N–H and O–H groups in total. The number of hydrogen-bond acceptors (Lipinski definition) is 4. The summed E-state index contributed by atoms with van der Waals surface area (Å²) in [6, 6.07) is 25.0. The number of para-hydroxylation sites is 3. The quantitative estimate of drug-likeness (QED) is 0.498. The Hall–Kier alpha value is -3.93. The lowest BCUT2D eigenvalue weighted by Gasteiger charge is -2.56. The Morgan fingerprint density at radius 3 is 1.89 bits per heavy atom. The maximum Gasteiger partial charge on any atom is 0.342 e. The molecule has 6 heteroatoms. The predicted molar refractivity (Wildman–Crippen MR) is 135 cm³/mol. The van der Waals surface area contributed by atoms with Gasteiger partial charge in [0.2, 0.25) is 0 Å². The number of anilines is 3. The molecule has 2 unspecified atom stereocenters. The summed E-state index contributed by atoms with van der Waals surface area (Å²) in [6.45, 7) is 2.95. The summed E-state index contributed by atoms with van der Waals surface area (Å²) in [6.07, 6.45) is 1.98. The average Bonchev–Trinajstić information content (AvgIpc) is 2.89. The van der Waals surface area contributed by atoms with Gasteiger partial charge in [0, 0.05) is 12.2 Å². The van der Waals surface area contributed by atoms with Crippen molar-refractivity contribution in [3.8, 4) is 0 Å². The first-order valence-corrected chi connectivity index (χ1v) is 12.2. The van der Waals surface area contributed by atoms with E-state index in [1.165, 1.54) is 9.80 Å². The summed E-state index contributed by atoms with van der Waals surface area (Å²) in [5, 5.41) is 0. The van der Waals surface area contributed by atoms with Crippen LogP contribution in [-0.4, -0.2) is 30.4 Å². The lowest BCUT2D eigenvalue weighted by atomic mass is 9.64. The van der Waals surface area contributed by atoms with Gasteiger partial charge in [-0.05, 0) is 61.1 Å². The SMILES string of the molecule is CC1CCN2c3ccccc3CC3(C(=O)N(c4ccccc4)C(=O)N(c4ccccc4)C3=O)C2C1. The Morgan fingerprint density at radius 1 is 0.743 bits per heavy atom. The van der Waals surface area contributed by atoms with Crippen molar-refractivity contribution in [3.63, 3.8) is 0 Å². The lowest BCUT2D eigenvalue weighted by Crippen LogP contribution is -2.74. The first-order chi connectivity index (χ1) is 17.0. The third-order valence-corrected chi connectivity index (χ3v) is 7.78. The van der Waals surface area contributed by atoms with Gasteiger partial charge in [-0.15, -0.1) is 0 Å². The molecule has 0 aromatic heterocycles. The van der Waals surface area contributed by atoms with Crippen molar-refractivity contribution >= 4 is 34.9 Å². The van der Waals surface area contributed by atoms with Crippen molar-refractivity contribution in [1.82, 2.24) is 0 Å². The Labute approximate surface area is 204 Å². The molecule has 3 aromatic rings. The van der Waals surface area contributed by atoms with Crippen molar-refractivity contribution in [3.05, 3.63) is 90.5 Å². The molecule has 3 aliphatic rings. The highest BCUT2D eigenvalue weighted by Gasteiger charge is 2.65. The van der Waals surface area contributed by atoms with E-state index in [0.717, 1.165) is 24.2 Å². The van der Waals surface area contributed by atoms with Crippen molar-refractivity contribution < 1.29 is 14.4 Å². The zero-order valence-electron chi connectivity index (χ0n) is 19.6. The molecule has 176 valence electrons. The maximum absolute atomic E-state index is 14.5. The van der Waals surface area contributed by atoms with Crippen LogP contribution < -0.4 is 14.7 Å². The highest BCUT2D eigenvalue weighted by atomic mass is 16.2. The first kappa shape index (κ1) is 21.6. The van der Waals surface area contributed by atoms with E-state index in [1.807, 2.05) is 30.3 Å². The first-order valence-electron chi connectivity index (χ1n) is 12.2. The Morgan fingerprint density at radius 2 is 1.29 bits per heavy atom. The summed E-state index contributed by atoms with van der Waals surface area (Å²) in [5.74, 6) is -0.485. The zero-order chi connectivity index (χ0) is 24.2. The van der Waals surface area contributed by atoms with Crippen LogP contribution in [-0.2, 0) is 16.0 Å². The van der Waals surface area contributed by atoms with Gasteiger partial charge in [0.1, 0.15) is 0 Å². The second kappa shape index (κ2) is 8.08. The third-order valence-electron chi connectivity index (χ3n) is 7.78. The van der Waals surface area contributed by atoms with E-state index in [9.17, 15) is 14.4 Å². The maximum atomic E-state index is 14.5. The van der Waals surface area contributed by atoms with Crippen LogP contribution in [0.1, 0.15) is 25.3 Å². The fourth-order valence-electron chi connectivity index (χ4n) is 6.07. The van der Waals surface area contributed by atoms with E-state index in [0.29, 0.717) is 23.7 Å². The molecule has 0 saturated carbocycles. The number of imide groups is 2. The molecule has 3 heterocycles. The van der Waals surface area contributed by atoms with E-state index in [-0.39, 0.29) is 12.5 Å². The van der Waals surface area contributed by atoms with Crippen LogP contribution in [0.5, 0.6) is 0 Å². The second-order valence-electron chi connectivity index (χ2n) is 9.85. The van der Waals surface area contributed by atoms with Gasteiger partial charge in [-0.1, -0.05) is 61.5 Å². The van der Waals surface area contributed by atoms with Gasteiger partial charge in [0.15, 0.2) is 5.41 Å². The van der Waals surface area contributed by atoms with Gasteiger partial charge in [-0.2, -0.15) is 0 Å². The van der Waals surface area contributed by atoms with Crippen LogP contribution in [0.3, 0.4) is 0 Å². The molecule has 4 amide bonds. The number of urea groups is 1. The van der Waals surface area contributed by atoms with Crippen molar-refractivity contribution in [2.45, 2.75) is 32.2 Å². The number of fused-ring (bicyclic) bond motifs is 4. The summed E-state index contributed by atoms with van der Waals surface area (Å²) in [4.78, 5) is 47.5. The normalized spacial score (nSPS) is 23.3. The summed E-state index contributed by atoms with van der Waals surface area (Å²) in [7, 11) is 0. The number of carbonyl (C=O) groups excluding carboxylic acids is 3. The van der Waals surface area contributed by atoms with Crippen LogP contribution in [0.4, 0.5) is 21.9 Å². The molecule has 3 aromatic carbocycles. The number of hydrogen-bond donors (Lipinski definition) is 0. The van der Waals surface area contributed by atoms with E-state index < -0.39 is 23.3 Å². The molecule has 0 bridgehead atoms. The Kier molecular flexibility index (Phi) is 4.99. The predicted octanol–water partition coefficient (Wildman–Crippen LogP) is 5.03. The number of nitrogens with zero attached hydrogens (tertiary/aromatic N) is 3. The second-order valence-corrected chi connectivity index (χ2v) is 9.85. The molecule has 3 aliphatic heterocycles. The zero-order valence-corrected chi connectivity index (χ0v) is 19.6. The highest BCUT2D eigenvalue weighted by molar-refractivity contribution is 6.39. The Bertz CT molecular complexity index is 1250. The van der Waals surface area contributed by atoms with Crippen LogP contribution >= 0.6 is 0 Å². The number of carbonyl (C=O) groups is 3. The number of piperidine rings is 1. The van der Waals surface area contributed by atoms with Gasteiger partial charge in [-0.3, -0.25) is 9.59 Å². The van der Waals surface area contributed by atoms with Crippen LogP contribution in [0.15, 0.2) is 84.9 Å². The van der Waals surface area contributed by atoms with E-state index in [4.69, 9.17) is 0 Å². The summed E-state index contributed by atoms with van der Waals surface area (Å²) in [5.41, 5.74) is 1.61. The molecule has 0 radical (unpaired) electrons. The van der Waals surface area contributed by atoms with Gasteiger partial charge in [-0.25, -0.2) is 14.6 Å². The van der Waals surface area contributed by atoms with E-state index in [1.54, 1.807) is 48.5 Å². The van der Waals surface area contributed by atoms with E-state index in [2.05, 4.69) is 17.9 Å². The third kappa shape index (κ3) is 3.13. The van der Waals surface area contributed by atoms with Crippen LogP contribution in [0.25, 0.3) is 0 Å². The minimum Gasteiger partial charge on any atom is -0.367 e. The van der Waals surface area contributed by atoms with Crippen molar-refractivity contribution in [2.24, 2.45) is 11.3 Å². The topological polar surface area (TPSA) is 60.9 Å². The molecule has 35 heavy (non-hydrogen) atoms. The molecular weight excluding hydrogens is 438 g/mol. The minimum absolute atomic E-state index is 0.272. The number of benzene rings is 3. The molecule has 6 rings (SSSR count). The van der Waals surface area contributed by atoms with Crippen molar-refractivity contribution in [1.29, 1.82) is 0 Å². The summed E-state index contributed by atoms with van der Waals surface area (Å²) >= 11 is 0. The largest absolute Gasteiger partial charge is 0.367 e. The number of barbiturate groups is 1. The standard InChI is InChI=1S/C29H27N3O3/c1-20-16-17-30-24-15-9-8-10-21(24)19-29(25(30)18-20)26(33)31(22-11-4-2-5-12-22)28(35)32(27(29)34)23-13-6-3-7-14-23/h2-15,20,25H,16-19H2,1H3. The molecule has 2 saturated heterocycles.